The van der Waals surface area contributed by atoms with Crippen LogP contribution in [-0.4, -0.2) is 5.97 Å². The van der Waals surface area contributed by atoms with Gasteiger partial charge in [0.05, 0.1) is 16.7 Å². The lowest BCUT2D eigenvalue weighted by Gasteiger charge is -2.04. The Balaban J connectivity index is 2.49. The summed E-state index contributed by atoms with van der Waals surface area (Å²) in [6.07, 6.45) is 0. The number of benzene rings is 2. The summed E-state index contributed by atoms with van der Waals surface area (Å²) in [6, 6.07) is 10.9. The first-order valence-electron chi connectivity index (χ1n) is 5.34. The van der Waals surface area contributed by atoms with Crippen molar-refractivity contribution < 1.29 is 14.3 Å². The third kappa shape index (κ3) is 1.47. The van der Waals surface area contributed by atoms with Gasteiger partial charge in [-0.25, -0.2) is 0 Å². The number of para-hydroxylation sites is 1. The summed E-state index contributed by atoms with van der Waals surface area (Å²) < 4.78 is 5.55. The topological polar surface area (TPSA) is 70.3 Å². The number of carbonyl (C=O) groups excluding carboxylic acids is 1. The minimum atomic E-state index is -1.32. The zero-order valence-electron chi connectivity index (χ0n) is 9.17. The first-order valence-corrected chi connectivity index (χ1v) is 5.34. The molecule has 0 aliphatic rings. The molecule has 0 aliphatic carbocycles. The maximum Gasteiger partial charge on any atom is 0.200 e. The van der Waals surface area contributed by atoms with Crippen LogP contribution >= 0.6 is 0 Å². The van der Waals surface area contributed by atoms with Crippen molar-refractivity contribution in [1.82, 2.24) is 0 Å². The van der Waals surface area contributed by atoms with Gasteiger partial charge in [-0.1, -0.05) is 12.1 Å². The van der Waals surface area contributed by atoms with E-state index in [1.165, 1.54) is 18.2 Å². The molecule has 0 N–H and O–H groups in total. The highest BCUT2D eigenvalue weighted by Crippen LogP contribution is 2.19. The predicted octanol–water partition coefficient (Wildman–Crippen LogP) is 1.31. The molecule has 0 bridgehead atoms. The molecule has 1 aromatic heterocycles. The van der Waals surface area contributed by atoms with Crippen molar-refractivity contribution in [3.8, 4) is 0 Å². The van der Waals surface area contributed by atoms with Crippen LogP contribution in [0, 0.1) is 0 Å². The van der Waals surface area contributed by atoms with Gasteiger partial charge in [0.2, 0.25) is 5.43 Å². The molecular formula is C14H7O4-. The maximum absolute atomic E-state index is 12.2. The lowest BCUT2D eigenvalue weighted by Crippen LogP contribution is -2.22. The van der Waals surface area contributed by atoms with Crippen molar-refractivity contribution in [2.45, 2.75) is 0 Å². The fourth-order valence-corrected chi connectivity index (χ4v) is 1.93. The van der Waals surface area contributed by atoms with Crippen LogP contribution in [0.4, 0.5) is 0 Å². The van der Waals surface area contributed by atoms with Crippen LogP contribution < -0.4 is 10.5 Å². The van der Waals surface area contributed by atoms with E-state index in [0.29, 0.717) is 16.6 Å². The maximum atomic E-state index is 12.2. The number of rotatable bonds is 1. The number of aromatic carboxylic acids is 1. The van der Waals surface area contributed by atoms with Gasteiger partial charge in [-0.15, -0.1) is 0 Å². The summed E-state index contributed by atoms with van der Waals surface area (Å²) in [5.74, 6) is -1.32. The molecule has 0 aliphatic heterocycles. The molecule has 0 fully saturated rings. The van der Waals surface area contributed by atoms with Crippen molar-refractivity contribution in [3.05, 3.63) is 58.3 Å². The fourth-order valence-electron chi connectivity index (χ4n) is 1.93. The molecule has 0 spiro atoms. The second-order valence-electron chi connectivity index (χ2n) is 3.93. The van der Waals surface area contributed by atoms with Crippen LogP contribution in [0.5, 0.6) is 0 Å². The summed E-state index contributed by atoms with van der Waals surface area (Å²) in [7, 11) is 0. The van der Waals surface area contributed by atoms with E-state index in [1.807, 2.05) is 0 Å². The lowest BCUT2D eigenvalue weighted by atomic mass is 10.1. The van der Waals surface area contributed by atoms with Crippen molar-refractivity contribution in [3.63, 3.8) is 0 Å². The highest BCUT2D eigenvalue weighted by Gasteiger charge is 2.07. The van der Waals surface area contributed by atoms with Gasteiger partial charge in [0.1, 0.15) is 11.2 Å². The molecule has 0 amide bonds. The summed E-state index contributed by atoms with van der Waals surface area (Å²) in [5.41, 5.74) is 0.569. The number of fused-ring (bicyclic) bond motifs is 2. The number of carboxylic acids is 1. The minimum absolute atomic E-state index is 0.0370. The first-order chi connectivity index (χ1) is 8.66. The molecule has 4 heteroatoms. The van der Waals surface area contributed by atoms with Crippen LogP contribution in [0.1, 0.15) is 10.4 Å². The monoisotopic (exact) mass is 239 g/mol. The molecule has 88 valence electrons. The Hall–Kier alpha value is -2.62. The van der Waals surface area contributed by atoms with Crippen molar-refractivity contribution >= 4 is 27.9 Å². The van der Waals surface area contributed by atoms with Gasteiger partial charge in [-0.3, -0.25) is 4.79 Å². The lowest BCUT2D eigenvalue weighted by molar-refractivity contribution is -0.255. The minimum Gasteiger partial charge on any atom is -0.545 e. The fraction of sp³-hybridized carbons (Fsp3) is 0. The molecule has 2 aromatic carbocycles. The largest absolute Gasteiger partial charge is 0.545 e. The highest BCUT2D eigenvalue weighted by atomic mass is 16.4. The molecule has 0 radical (unpaired) electrons. The van der Waals surface area contributed by atoms with Gasteiger partial charge in [0.15, 0.2) is 0 Å². The van der Waals surface area contributed by atoms with Gasteiger partial charge in [0, 0.05) is 0 Å². The standard InChI is InChI=1S/C14H8O4/c15-13-9-3-1-2-4-11(9)18-12-6-5-8(14(16)17)7-10(12)13/h1-7H,(H,16,17)/p-1. The summed E-state index contributed by atoms with van der Waals surface area (Å²) in [4.78, 5) is 23.0. The molecule has 0 saturated carbocycles. The molecule has 1 heterocycles. The third-order valence-corrected chi connectivity index (χ3v) is 2.81. The van der Waals surface area contributed by atoms with Crippen molar-refractivity contribution in [2.24, 2.45) is 0 Å². The molecule has 3 aromatic rings. The Kier molecular flexibility index (Phi) is 2.16. The van der Waals surface area contributed by atoms with Crippen LogP contribution in [-0.2, 0) is 0 Å². The van der Waals surface area contributed by atoms with Crippen LogP contribution in [0.25, 0.3) is 21.9 Å². The second kappa shape index (κ2) is 3.70. The van der Waals surface area contributed by atoms with Crippen LogP contribution in [0.15, 0.2) is 51.7 Å². The zero-order chi connectivity index (χ0) is 12.7. The molecule has 0 unspecified atom stereocenters. The molecule has 4 nitrogen and oxygen atoms in total. The normalized spacial score (nSPS) is 10.9. The van der Waals surface area contributed by atoms with Crippen LogP contribution in [0.3, 0.4) is 0 Å². The van der Waals surface area contributed by atoms with Gasteiger partial charge in [0.25, 0.3) is 0 Å². The average Bonchev–Trinajstić information content (AvgIpc) is 2.38. The van der Waals surface area contributed by atoms with Gasteiger partial charge < -0.3 is 14.3 Å². The Bertz CT molecular complexity index is 830. The molecular weight excluding hydrogens is 232 g/mol. The van der Waals surface area contributed by atoms with Crippen molar-refractivity contribution in [2.75, 3.05) is 0 Å². The van der Waals surface area contributed by atoms with Crippen LogP contribution in [0.2, 0.25) is 0 Å². The molecule has 18 heavy (non-hydrogen) atoms. The Morgan fingerprint density at radius 3 is 2.50 bits per heavy atom. The number of hydrogen-bond donors (Lipinski definition) is 0. The summed E-state index contributed by atoms with van der Waals surface area (Å²) >= 11 is 0. The Morgan fingerprint density at radius 1 is 1.00 bits per heavy atom. The van der Waals surface area contributed by atoms with E-state index in [4.69, 9.17) is 4.42 Å². The zero-order valence-corrected chi connectivity index (χ0v) is 9.17. The predicted molar refractivity (Wildman–Crippen MR) is 64.3 cm³/mol. The van der Waals surface area contributed by atoms with Crippen molar-refractivity contribution in [1.29, 1.82) is 0 Å². The average molecular weight is 239 g/mol. The summed E-state index contributed by atoms with van der Waals surface area (Å²) in [6.45, 7) is 0. The van der Waals surface area contributed by atoms with E-state index in [-0.39, 0.29) is 16.4 Å². The van der Waals surface area contributed by atoms with E-state index in [9.17, 15) is 14.7 Å². The SMILES string of the molecule is O=C([O-])c1ccc2oc3ccccc3c(=O)c2c1. The van der Waals surface area contributed by atoms with E-state index in [1.54, 1.807) is 24.3 Å². The highest BCUT2D eigenvalue weighted by molar-refractivity contribution is 5.95. The quantitative estimate of drug-likeness (QED) is 0.600. The number of hydrogen-bond acceptors (Lipinski definition) is 4. The summed E-state index contributed by atoms with van der Waals surface area (Å²) in [5, 5.41) is 11.5. The molecule has 0 saturated heterocycles. The van der Waals surface area contributed by atoms with E-state index in [0.717, 1.165) is 0 Å². The molecule has 0 atom stereocenters. The van der Waals surface area contributed by atoms with Gasteiger partial charge in [-0.2, -0.15) is 0 Å². The molecule has 3 rings (SSSR count). The van der Waals surface area contributed by atoms with E-state index in [2.05, 4.69) is 0 Å². The number of carboxylic acid groups (broad SMARTS) is 1. The Morgan fingerprint density at radius 2 is 1.72 bits per heavy atom. The Labute approximate surface area is 101 Å². The van der Waals surface area contributed by atoms with E-state index >= 15 is 0 Å². The van der Waals surface area contributed by atoms with Gasteiger partial charge in [-0.05, 0) is 35.9 Å². The second-order valence-corrected chi connectivity index (χ2v) is 3.93. The number of carbonyl (C=O) groups is 1. The van der Waals surface area contributed by atoms with E-state index < -0.39 is 5.97 Å². The first kappa shape index (κ1) is 10.5. The van der Waals surface area contributed by atoms with Gasteiger partial charge >= 0.3 is 0 Å². The third-order valence-electron chi connectivity index (χ3n) is 2.81. The smallest absolute Gasteiger partial charge is 0.200 e.